The third kappa shape index (κ3) is 3.92. The molecule has 0 spiro atoms. The number of hydrogen-bond donors (Lipinski definition) is 2. The van der Waals surface area contributed by atoms with E-state index in [4.69, 9.17) is 15.0 Å². The van der Waals surface area contributed by atoms with Crippen LogP contribution in [-0.2, 0) is 6.61 Å². The van der Waals surface area contributed by atoms with Gasteiger partial charge in [0.1, 0.15) is 18.1 Å². The van der Waals surface area contributed by atoms with Crippen molar-refractivity contribution >= 4 is 5.91 Å². The molecular weight excluding hydrogens is 354 g/mol. The Morgan fingerprint density at radius 1 is 1.29 bits per heavy atom. The van der Waals surface area contributed by atoms with Crippen molar-refractivity contribution in [2.45, 2.75) is 64.6 Å². The van der Waals surface area contributed by atoms with Gasteiger partial charge in [-0.05, 0) is 69.6 Å². The Morgan fingerprint density at radius 2 is 2.04 bits per heavy atom. The Kier molecular flexibility index (Phi) is 5.40. The van der Waals surface area contributed by atoms with Crippen LogP contribution in [0.2, 0.25) is 0 Å². The molecule has 1 heterocycles. The van der Waals surface area contributed by atoms with Crippen LogP contribution in [0.15, 0.2) is 28.8 Å². The summed E-state index contributed by atoms with van der Waals surface area (Å²) in [5, 5.41) is 7.24. The Bertz CT molecular complexity index is 814. The molecule has 28 heavy (non-hydrogen) atoms. The maximum absolute atomic E-state index is 12.9. The first-order valence-corrected chi connectivity index (χ1v) is 10.2. The van der Waals surface area contributed by atoms with Crippen LogP contribution in [0.25, 0.3) is 0 Å². The van der Waals surface area contributed by atoms with Gasteiger partial charge in [-0.1, -0.05) is 17.6 Å². The van der Waals surface area contributed by atoms with Crippen molar-refractivity contribution < 1.29 is 14.1 Å². The van der Waals surface area contributed by atoms with Crippen LogP contribution in [0.3, 0.4) is 0 Å². The molecule has 1 aromatic carbocycles. The zero-order valence-corrected chi connectivity index (χ0v) is 16.6. The number of ether oxygens (including phenoxy) is 1. The summed E-state index contributed by atoms with van der Waals surface area (Å²) < 4.78 is 11.1. The first kappa shape index (κ1) is 19.0. The van der Waals surface area contributed by atoms with Gasteiger partial charge in [0.2, 0.25) is 0 Å². The second-order valence-electron chi connectivity index (χ2n) is 8.30. The van der Waals surface area contributed by atoms with Crippen LogP contribution >= 0.6 is 0 Å². The third-order valence-corrected chi connectivity index (χ3v) is 6.33. The molecule has 1 aromatic heterocycles. The smallest absolute Gasteiger partial charge is 0.251 e. The third-order valence-electron chi connectivity index (χ3n) is 6.33. The van der Waals surface area contributed by atoms with E-state index in [9.17, 15) is 4.79 Å². The normalized spacial score (nSPS) is 26.7. The number of nitrogens with two attached hydrogens (primary N) is 1. The molecule has 1 amide bonds. The number of hydrogen-bond acceptors (Lipinski definition) is 5. The number of nitrogens with one attached hydrogen (secondary N) is 1. The lowest BCUT2D eigenvalue weighted by molar-refractivity contribution is 0.0755. The quantitative estimate of drug-likeness (QED) is 0.825. The molecule has 2 aliphatic carbocycles. The zero-order chi connectivity index (χ0) is 19.7. The number of amides is 1. The van der Waals surface area contributed by atoms with Gasteiger partial charge in [-0.25, -0.2) is 0 Å². The molecule has 2 fully saturated rings. The Balaban J connectivity index is 1.42. The highest BCUT2D eigenvalue weighted by molar-refractivity contribution is 5.94. The molecule has 2 aromatic rings. The van der Waals surface area contributed by atoms with E-state index in [2.05, 4.69) is 10.5 Å². The topological polar surface area (TPSA) is 90.4 Å². The zero-order valence-electron chi connectivity index (χ0n) is 16.6. The van der Waals surface area contributed by atoms with Gasteiger partial charge in [0.15, 0.2) is 0 Å². The summed E-state index contributed by atoms with van der Waals surface area (Å²) in [6, 6.07) is 7.89. The van der Waals surface area contributed by atoms with E-state index in [0.717, 1.165) is 42.7 Å². The number of carbonyl (C=O) groups is 1. The summed E-state index contributed by atoms with van der Waals surface area (Å²) in [5.41, 5.74) is 8.61. The van der Waals surface area contributed by atoms with Crippen molar-refractivity contribution in [1.29, 1.82) is 0 Å². The predicted molar refractivity (Wildman–Crippen MR) is 106 cm³/mol. The lowest BCUT2D eigenvalue weighted by atomic mass is 9.67. The van der Waals surface area contributed by atoms with Gasteiger partial charge in [-0.3, -0.25) is 4.79 Å². The first-order valence-electron chi connectivity index (χ1n) is 10.2. The van der Waals surface area contributed by atoms with Gasteiger partial charge in [0, 0.05) is 17.6 Å². The van der Waals surface area contributed by atoms with Crippen LogP contribution in [0.5, 0.6) is 5.75 Å². The molecular formula is C22H29N3O3. The largest absolute Gasteiger partial charge is 0.489 e. The number of carbonyl (C=O) groups excluding carboxylic acids is 1. The molecule has 3 N–H and O–H groups in total. The van der Waals surface area contributed by atoms with Crippen molar-refractivity contribution in [3.05, 3.63) is 46.8 Å². The summed E-state index contributed by atoms with van der Waals surface area (Å²) in [5.74, 6) is 2.41. The maximum atomic E-state index is 12.9. The van der Waals surface area contributed by atoms with Crippen LogP contribution in [0.1, 0.15) is 59.5 Å². The first-order chi connectivity index (χ1) is 13.5. The van der Waals surface area contributed by atoms with Crippen molar-refractivity contribution in [2.24, 2.45) is 17.6 Å². The average Bonchev–Trinajstić information content (AvgIpc) is 2.99. The second kappa shape index (κ2) is 7.95. The maximum Gasteiger partial charge on any atom is 0.251 e. The fourth-order valence-corrected chi connectivity index (χ4v) is 4.85. The molecule has 2 atom stereocenters. The highest BCUT2D eigenvalue weighted by Crippen LogP contribution is 2.39. The van der Waals surface area contributed by atoms with Crippen molar-refractivity contribution in [2.75, 3.05) is 0 Å². The second-order valence-corrected chi connectivity index (χ2v) is 8.30. The molecule has 2 unspecified atom stereocenters. The number of nitrogens with zero attached hydrogens (tertiary/aromatic N) is 1. The van der Waals surface area contributed by atoms with E-state index >= 15 is 0 Å². The molecule has 2 saturated carbocycles. The number of fused-ring (bicyclic) bond motifs is 2. The molecule has 6 heteroatoms. The van der Waals surface area contributed by atoms with Crippen LogP contribution in [0.4, 0.5) is 0 Å². The molecule has 150 valence electrons. The average molecular weight is 383 g/mol. The lowest BCUT2D eigenvalue weighted by Crippen LogP contribution is -2.53. The van der Waals surface area contributed by atoms with E-state index in [-0.39, 0.29) is 18.0 Å². The van der Waals surface area contributed by atoms with Gasteiger partial charge >= 0.3 is 0 Å². The number of aromatic nitrogens is 1. The fraction of sp³-hybridized carbons (Fsp3) is 0.545. The summed E-state index contributed by atoms with van der Waals surface area (Å²) in [6.45, 7) is 4.14. The van der Waals surface area contributed by atoms with Crippen LogP contribution in [-0.4, -0.2) is 23.1 Å². The van der Waals surface area contributed by atoms with E-state index in [0.29, 0.717) is 29.8 Å². The molecule has 0 saturated heterocycles. The Hall–Kier alpha value is -2.34. The summed E-state index contributed by atoms with van der Waals surface area (Å²) >= 11 is 0. The number of aryl methyl sites for hydroxylation is 2. The number of rotatable bonds is 5. The van der Waals surface area contributed by atoms with E-state index in [1.54, 1.807) is 6.07 Å². The van der Waals surface area contributed by atoms with Crippen LogP contribution in [0, 0.1) is 25.7 Å². The summed E-state index contributed by atoms with van der Waals surface area (Å²) in [7, 11) is 0. The highest BCUT2D eigenvalue weighted by Gasteiger charge is 2.39. The minimum Gasteiger partial charge on any atom is -0.489 e. The van der Waals surface area contributed by atoms with E-state index < -0.39 is 0 Å². The SMILES string of the molecule is Cc1noc(C)c1COc1cccc(C(=O)NC2C3CCCC2CC(N)C3)c1. The van der Waals surface area contributed by atoms with Gasteiger partial charge < -0.3 is 20.3 Å². The van der Waals surface area contributed by atoms with E-state index in [1.165, 1.54) is 6.42 Å². The predicted octanol–water partition coefficient (Wildman–Crippen LogP) is 3.51. The molecule has 6 nitrogen and oxygen atoms in total. The standard InChI is InChI=1S/C22H29N3O3/c1-13-20(14(2)28-25-13)12-27-19-8-4-7-17(11-19)22(26)24-21-15-5-3-6-16(21)10-18(23)9-15/h4,7-8,11,15-16,18,21H,3,5-6,9-10,12,23H2,1-2H3,(H,24,26). The summed E-state index contributed by atoms with van der Waals surface area (Å²) in [6.07, 6.45) is 5.61. The highest BCUT2D eigenvalue weighted by atomic mass is 16.5. The Morgan fingerprint density at radius 3 is 2.71 bits per heavy atom. The van der Waals surface area contributed by atoms with Crippen LogP contribution < -0.4 is 15.8 Å². The molecule has 4 rings (SSSR count). The van der Waals surface area contributed by atoms with Crippen molar-refractivity contribution in [3.63, 3.8) is 0 Å². The fourth-order valence-electron chi connectivity index (χ4n) is 4.85. The monoisotopic (exact) mass is 383 g/mol. The Labute approximate surface area is 165 Å². The molecule has 2 bridgehead atoms. The van der Waals surface area contributed by atoms with Gasteiger partial charge in [-0.15, -0.1) is 0 Å². The van der Waals surface area contributed by atoms with Gasteiger partial charge in [0.25, 0.3) is 5.91 Å². The van der Waals surface area contributed by atoms with Crippen molar-refractivity contribution in [3.8, 4) is 5.75 Å². The summed E-state index contributed by atoms with van der Waals surface area (Å²) in [4.78, 5) is 12.9. The number of benzene rings is 1. The molecule has 0 radical (unpaired) electrons. The molecule has 0 aliphatic heterocycles. The van der Waals surface area contributed by atoms with Gasteiger partial charge in [0.05, 0.1) is 11.3 Å². The molecule has 2 aliphatic rings. The minimum atomic E-state index is -0.0276. The van der Waals surface area contributed by atoms with Crippen molar-refractivity contribution in [1.82, 2.24) is 10.5 Å². The van der Waals surface area contributed by atoms with Gasteiger partial charge in [-0.2, -0.15) is 0 Å². The minimum absolute atomic E-state index is 0.0276. The lowest BCUT2D eigenvalue weighted by Gasteiger charge is -2.45. The van der Waals surface area contributed by atoms with E-state index in [1.807, 2.05) is 32.0 Å².